The molecular formula is C21H16FN3O3S2. The number of carbonyl (C=O) groups is 1. The number of aryl methyl sites for hydroxylation is 1. The lowest BCUT2D eigenvalue weighted by atomic mass is 10.1. The van der Waals surface area contributed by atoms with Crippen molar-refractivity contribution in [3.05, 3.63) is 83.1 Å². The molecule has 4 rings (SSSR count). The molecule has 6 nitrogen and oxygen atoms in total. The topological polar surface area (TPSA) is 88.2 Å². The second-order valence-electron chi connectivity index (χ2n) is 6.47. The molecule has 1 amide bonds. The van der Waals surface area contributed by atoms with E-state index in [1.807, 2.05) is 13.0 Å². The first-order valence-electron chi connectivity index (χ1n) is 8.88. The number of benzene rings is 3. The molecule has 9 heteroatoms. The van der Waals surface area contributed by atoms with E-state index in [0.29, 0.717) is 5.69 Å². The number of amides is 1. The van der Waals surface area contributed by atoms with E-state index in [2.05, 4.69) is 15.0 Å². The number of carbonyl (C=O) groups excluding carboxylic acids is 1. The summed E-state index contributed by atoms with van der Waals surface area (Å²) >= 11 is 1.56. The highest BCUT2D eigenvalue weighted by Gasteiger charge is 2.19. The quantitative estimate of drug-likeness (QED) is 0.466. The Balaban J connectivity index is 1.60. The molecule has 1 aromatic heterocycles. The number of halogens is 1. The molecule has 2 N–H and O–H groups in total. The van der Waals surface area contributed by atoms with E-state index in [1.54, 1.807) is 35.6 Å². The summed E-state index contributed by atoms with van der Waals surface area (Å²) < 4.78 is 41.8. The van der Waals surface area contributed by atoms with Gasteiger partial charge in [-0.3, -0.25) is 9.52 Å². The minimum atomic E-state index is -3.99. The summed E-state index contributed by atoms with van der Waals surface area (Å²) in [6, 6.07) is 16.1. The zero-order valence-electron chi connectivity index (χ0n) is 15.7. The van der Waals surface area contributed by atoms with E-state index < -0.39 is 21.7 Å². The van der Waals surface area contributed by atoms with Crippen LogP contribution in [0.2, 0.25) is 0 Å². The van der Waals surface area contributed by atoms with Crippen molar-refractivity contribution in [2.24, 2.45) is 0 Å². The minimum Gasteiger partial charge on any atom is -0.322 e. The second kappa shape index (κ2) is 7.85. The van der Waals surface area contributed by atoms with Gasteiger partial charge < -0.3 is 5.32 Å². The number of rotatable bonds is 5. The number of thiazole rings is 1. The molecule has 30 heavy (non-hydrogen) atoms. The van der Waals surface area contributed by atoms with Gasteiger partial charge in [-0.1, -0.05) is 12.1 Å². The lowest BCUT2D eigenvalue weighted by Gasteiger charge is -2.13. The zero-order chi connectivity index (χ0) is 21.3. The summed E-state index contributed by atoms with van der Waals surface area (Å²) in [5.41, 5.74) is 1.59. The van der Waals surface area contributed by atoms with Gasteiger partial charge in [-0.25, -0.2) is 17.8 Å². The van der Waals surface area contributed by atoms with E-state index in [1.165, 1.54) is 12.1 Å². The fourth-order valence-electron chi connectivity index (χ4n) is 2.91. The third-order valence-electron chi connectivity index (χ3n) is 4.29. The molecule has 0 fully saturated rings. The van der Waals surface area contributed by atoms with Gasteiger partial charge in [0.2, 0.25) is 0 Å². The van der Waals surface area contributed by atoms with Crippen LogP contribution in [0.25, 0.3) is 10.2 Å². The lowest BCUT2D eigenvalue weighted by Crippen LogP contribution is -2.18. The van der Waals surface area contributed by atoms with Gasteiger partial charge in [0.1, 0.15) is 5.82 Å². The fraction of sp³-hybridized carbons (Fsp3) is 0.0476. The van der Waals surface area contributed by atoms with E-state index in [0.717, 1.165) is 39.5 Å². The summed E-state index contributed by atoms with van der Waals surface area (Å²) in [5, 5.41) is 3.70. The number of aromatic nitrogens is 1. The van der Waals surface area contributed by atoms with Crippen LogP contribution in [-0.4, -0.2) is 19.3 Å². The summed E-state index contributed by atoms with van der Waals surface area (Å²) in [4.78, 5) is 17.1. The zero-order valence-corrected chi connectivity index (χ0v) is 17.4. The number of nitrogens with zero attached hydrogens (tertiary/aromatic N) is 1. The molecule has 4 aromatic rings. The third-order valence-corrected chi connectivity index (χ3v) is 6.63. The number of fused-ring (bicyclic) bond motifs is 1. The first-order valence-corrected chi connectivity index (χ1v) is 11.2. The van der Waals surface area contributed by atoms with Crippen LogP contribution in [0.5, 0.6) is 0 Å². The van der Waals surface area contributed by atoms with Gasteiger partial charge in [0, 0.05) is 5.69 Å². The Morgan fingerprint density at radius 3 is 2.53 bits per heavy atom. The molecule has 0 saturated carbocycles. The van der Waals surface area contributed by atoms with Crippen molar-refractivity contribution in [2.45, 2.75) is 11.8 Å². The van der Waals surface area contributed by atoms with Crippen LogP contribution in [0.3, 0.4) is 0 Å². The van der Waals surface area contributed by atoms with Crippen LogP contribution in [0, 0.1) is 12.7 Å². The Hall–Kier alpha value is -3.30. The minimum absolute atomic E-state index is 0.108. The van der Waals surface area contributed by atoms with Gasteiger partial charge in [0.25, 0.3) is 15.9 Å². The number of nitrogens with one attached hydrogen (secondary N) is 2. The molecule has 0 saturated heterocycles. The van der Waals surface area contributed by atoms with E-state index >= 15 is 0 Å². The Bertz CT molecular complexity index is 1350. The molecule has 0 unspecified atom stereocenters. The normalized spacial score (nSPS) is 11.4. The molecule has 3 aromatic carbocycles. The predicted octanol–water partition coefficient (Wildman–Crippen LogP) is 4.80. The van der Waals surface area contributed by atoms with Crippen LogP contribution < -0.4 is 10.0 Å². The maximum absolute atomic E-state index is 13.1. The molecule has 0 radical (unpaired) electrons. The average Bonchev–Trinajstić information content (AvgIpc) is 3.07. The Morgan fingerprint density at radius 1 is 1.03 bits per heavy atom. The van der Waals surface area contributed by atoms with Crippen molar-refractivity contribution in [1.82, 2.24) is 4.98 Å². The SMILES string of the molecule is Cc1nc2cc(NC(=O)c3ccccc3NS(=O)(=O)c3ccc(F)cc3)ccc2s1. The molecular weight excluding hydrogens is 425 g/mol. The Kier molecular flexibility index (Phi) is 5.23. The van der Waals surface area contributed by atoms with Crippen LogP contribution >= 0.6 is 11.3 Å². The van der Waals surface area contributed by atoms with Gasteiger partial charge in [-0.15, -0.1) is 11.3 Å². The maximum Gasteiger partial charge on any atom is 0.261 e. The van der Waals surface area contributed by atoms with Crippen LogP contribution in [0.4, 0.5) is 15.8 Å². The van der Waals surface area contributed by atoms with Crippen molar-refractivity contribution in [2.75, 3.05) is 10.0 Å². The fourth-order valence-corrected chi connectivity index (χ4v) is 4.79. The van der Waals surface area contributed by atoms with Crippen LogP contribution in [-0.2, 0) is 10.0 Å². The number of hydrogen-bond acceptors (Lipinski definition) is 5. The summed E-state index contributed by atoms with van der Waals surface area (Å²) in [6.45, 7) is 1.91. The van der Waals surface area contributed by atoms with Crippen molar-refractivity contribution >= 4 is 48.9 Å². The van der Waals surface area contributed by atoms with Crippen molar-refractivity contribution in [3.8, 4) is 0 Å². The van der Waals surface area contributed by atoms with E-state index in [4.69, 9.17) is 0 Å². The van der Waals surface area contributed by atoms with Gasteiger partial charge in [0.05, 0.1) is 31.4 Å². The summed E-state index contributed by atoms with van der Waals surface area (Å²) in [6.07, 6.45) is 0. The van der Waals surface area contributed by atoms with Crippen molar-refractivity contribution in [3.63, 3.8) is 0 Å². The van der Waals surface area contributed by atoms with Gasteiger partial charge in [-0.05, 0) is 61.5 Å². The lowest BCUT2D eigenvalue weighted by molar-refractivity contribution is 0.102. The highest BCUT2D eigenvalue weighted by atomic mass is 32.2. The van der Waals surface area contributed by atoms with E-state index in [-0.39, 0.29) is 16.1 Å². The summed E-state index contributed by atoms with van der Waals surface area (Å²) in [5.74, 6) is -1.01. The van der Waals surface area contributed by atoms with E-state index in [9.17, 15) is 17.6 Å². The number of hydrogen-bond donors (Lipinski definition) is 2. The number of para-hydroxylation sites is 1. The molecule has 0 aliphatic rings. The monoisotopic (exact) mass is 441 g/mol. The van der Waals surface area contributed by atoms with Crippen LogP contribution in [0.1, 0.15) is 15.4 Å². The van der Waals surface area contributed by atoms with Gasteiger partial charge in [-0.2, -0.15) is 0 Å². The largest absolute Gasteiger partial charge is 0.322 e. The molecule has 0 bridgehead atoms. The molecule has 0 aliphatic heterocycles. The third kappa shape index (κ3) is 4.17. The first-order chi connectivity index (χ1) is 14.3. The maximum atomic E-state index is 13.1. The van der Waals surface area contributed by atoms with Crippen LogP contribution in [0.15, 0.2) is 71.6 Å². The highest BCUT2D eigenvalue weighted by Crippen LogP contribution is 2.26. The summed E-state index contributed by atoms with van der Waals surface area (Å²) in [7, 11) is -3.99. The number of anilines is 2. The molecule has 0 atom stereocenters. The average molecular weight is 442 g/mol. The van der Waals surface area contributed by atoms with Gasteiger partial charge >= 0.3 is 0 Å². The Labute approximate surface area is 176 Å². The smallest absolute Gasteiger partial charge is 0.261 e. The van der Waals surface area contributed by atoms with Crippen molar-refractivity contribution in [1.29, 1.82) is 0 Å². The highest BCUT2D eigenvalue weighted by molar-refractivity contribution is 7.92. The van der Waals surface area contributed by atoms with Crippen molar-refractivity contribution < 1.29 is 17.6 Å². The second-order valence-corrected chi connectivity index (χ2v) is 9.39. The molecule has 0 aliphatic carbocycles. The van der Waals surface area contributed by atoms with Gasteiger partial charge in [0.15, 0.2) is 0 Å². The molecule has 0 spiro atoms. The molecule has 1 heterocycles. The standard InChI is InChI=1S/C21H16FN3O3S2/c1-13-23-19-12-15(8-11-20(19)29-13)24-21(26)17-4-2-3-5-18(17)25-30(27,28)16-9-6-14(22)7-10-16/h2-12,25H,1H3,(H,24,26). The predicted molar refractivity (Wildman–Crippen MR) is 116 cm³/mol. The number of sulfonamides is 1. The molecule has 152 valence electrons. The Morgan fingerprint density at radius 2 is 1.77 bits per heavy atom. The first kappa shape index (κ1) is 20.0.